The molecule has 0 saturated heterocycles. The standard InChI is InChI=1S/C9H15N3OS/c1-6-10-11-9(14-6)12(2)5-7-3-8(13)4-7/h7-8,13H,3-5H2,1-2H3. The van der Waals surface area contributed by atoms with E-state index in [0.29, 0.717) is 5.92 Å². The number of nitrogens with zero attached hydrogens (tertiary/aromatic N) is 3. The zero-order valence-corrected chi connectivity index (χ0v) is 9.29. The monoisotopic (exact) mass is 213 g/mol. The Labute approximate surface area is 87.6 Å². The van der Waals surface area contributed by atoms with Gasteiger partial charge in [-0.3, -0.25) is 0 Å². The Morgan fingerprint density at radius 1 is 1.50 bits per heavy atom. The van der Waals surface area contributed by atoms with Crippen molar-refractivity contribution in [3.63, 3.8) is 0 Å². The van der Waals surface area contributed by atoms with E-state index in [9.17, 15) is 0 Å². The number of anilines is 1. The molecule has 1 saturated carbocycles. The molecule has 4 nitrogen and oxygen atoms in total. The van der Waals surface area contributed by atoms with Crippen molar-refractivity contribution in [2.24, 2.45) is 5.92 Å². The molecule has 1 aromatic rings. The van der Waals surface area contributed by atoms with Crippen LogP contribution in [0.25, 0.3) is 0 Å². The van der Waals surface area contributed by atoms with E-state index in [2.05, 4.69) is 15.1 Å². The van der Waals surface area contributed by atoms with Crippen molar-refractivity contribution in [1.29, 1.82) is 0 Å². The molecule has 1 N–H and O–H groups in total. The van der Waals surface area contributed by atoms with Gasteiger partial charge < -0.3 is 10.0 Å². The first-order valence-corrected chi connectivity index (χ1v) is 5.66. The van der Waals surface area contributed by atoms with Crippen LogP contribution in [0.2, 0.25) is 0 Å². The molecule has 0 atom stereocenters. The van der Waals surface area contributed by atoms with Crippen molar-refractivity contribution in [3.8, 4) is 0 Å². The van der Waals surface area contributed by atoms with Gasteiger partial charge in [0.1, 0.15) is 5.01 Å². The van der Waals surface area contributed by atoms with E-state index in [0.717, 1.165) is 29.5 Å². The second-order valence-corrected chi connectivity index (χ2v) is 5.14. The first-order chi connectivity index (χ1) is 6.65. The highest BCUT2D eigenvalue weighted by atomic mass is 32.1. The fourth-order valence-corrected chi connectivity index (χ4v) is 2.41. The predicted octanol–water partition coefficient (Wildman–Crippen LogP) is 1.05. The van der Waals surface area contributed by atoms with Gasteiger partial charge in [0.25, 0.3) is 0 Å². The van der Waals surface area contributed by atoms with Crippen molar-refractivity contribution in [3.05, 3.63) is 5.01 Å². The lowest BCUT2D eigenvalue weighted by Gasteiger charge is -2.34. The molecule has 5 heteroatoms. The zero-order chi connectivity index (χ0) is 10.1. The van der Waals surface area contributed by atoms with Gasteiger partial charge in [-0.1, -0.05) is 11.3 Å². The molecule has 1 fully saturated rings. The third-order valence-corrected chi connectivity index (χ3v) is 3.54. The Hall–Kier alpha value is -0.680. The minimum Gasteiger partial charge on any atom is -0.393 e. The summed E-state index contributed by atoms with van der Waals surface area (Å²) in [5.41, 5.74) is 0. The molecule has 0 unspecified atom stereocenters. The molecular weight excluding hydrogens is 198 g/mol. The lowest BCUT2D eigenvalue weighted by molar-refractivity contribution is 0.0464. The van der Waals surface area contributed by atoms with Crippen LogP contribution in [0.15, 0.2) is 0 Å². The van der Waals surface area contributed by atoms with Gasteiger partial charge in [-0.25, -0.2) is 0 Å². The second-order valence-electron chi connectivity index (χ2n) is 3.98. The van der Waals surface area contributed by atoms with Gasteiger partial charge in [-0.15, -0.1) is 10.2 Å². The summed E-state index contributed by atoms with van der Waals surface area (Å²) in [5.74, 6) is 0.624. The molecule has 1 aromatic heterocycles. The van der Waals surface area contributed by atoms with Crippen LogP contribution in [0, 0.1) is 12.8 Å². The van der Waals surface area contributed by atoms with Crippen LogP contribution in [-0.2, 0) is 0 Å². The molecule has 0 amide bonds. The third-order valence-electron chi connectivity index (χ3n) is 2.58. The summed E-state index contributed by atoms with van der Waals surface area (Å²) in [7, 11) is 2.03. The molecule has 2 rings (SSSR count). The maximum atomic E-state index is 9.16. The Morgan fingerprint density at radius 2 is 2.21 bits per heavy atom. The van der Waals surface area contributed by atoms with E-state index in [1.807, 2.05) is 14.0 Å². The van der Waals surface area contributed by atoms with Crippen LogP contribution >= 0.6 is 11.3 Å². The van der Waals surface area contributed by atoms with Gasteiger partial charge in [-0.2, -0.15) is 0 Å². The van der Waals surface area contributed by atoms with Gasteiger partial charge >= 0.3 is 0 Å². The van der Waals surface area contributed by atoms with E-state index in [1.54, 1.807) is 11.3 Å². The minimum absolute atomic E-state index is 0.0652. The topological polar surface area (TPSA) is 49.2 Å². The van der Waals surface area contributed by atoms with Crippen LogP contribution < -0.4 is 4.90 Å². The molecule has 1 heterocycles. The fraction of sp³-hybridized carbons (Fsp3) is 0.778. The summed E-state index contributed by atoms with van der Waals surface area (Å²) < 4.78 is 0. The van der Waals surface area contributed by atoms with Crippen LogP contribution in [0.3, 0.4) is 0 Å². The smallest absolute Gasteiger partial charge is 0.208 e. The summed E-state index contributed by atoms with van der Waals surface area (Å²) in [5, 5.41) is 19.2. The number of hydrogen-bond donors (Lipinski definition) is 1. The summed E-state index contributed by atoms with van der Waals surface area (Å²) >= 11 is 1.61. The van der Waals surface area contributed by atoms with E-state index >= 15 is 0 Å². The maximum absolute atomic E-state index is 9.16. The van der Waals surface area contributed by atoms with E-state index < -0.39 is 0 Å². The molecule has 14 heavy (non-hydrogen) atoms. The fourth-order valence-electron chi connectivity index (χ4n) is 1.76. The van der Waals surface area contributed by atoms with Crippen molar-refractivity contribution in [2.75, 3.05) is 18.5 Å². The Morgan fingerprint density at radius 3 is 2.71 bits per heavy atom. The molecular formula is C9H15N3OS. The highest BCUT2D eigenvalue weighted by molar-refractivity contribution is 7.15. The van der Waals surface area contributed by atoms with Gasteiger partial charge in [0.2, 0.25) is 5.13 Å². The van der Waals surface area contributed by atoms with Crippen LogP contribution in [0.4, 0.5) is 5.13 Å². The SMILES string of the molecule is Cc1nnc(N(C)CC2CC(O)C2)s1. The zero-order valence-electron chi connectivity index (χ0n) is 8.47. The van der Waals surface area contributed by atoms with Crippen LogP contribution in [0.1, 0.15) is 17.8 Å². The summed E-state index contributed by atoms with van der Waals surface area (Å²) in [6.07, 6.45) is 1.80. The van der Waals surface area contributed by atoms with Crippen molar-refractivity contribution in [1.82, 2.24) is 10.2 Å². The highest BCUT2D eigenvalue weighted by Gasteiger charge is 2.28. The Balaban J connectivity index is 1.86. The average molecular weight is 213 g/mol. The molecule has 78 valence electrons. The lowest BCUT2D eigenvalue weighted by atomic mass is 9.82. The molecule has 0 bridgehead atoms. The number of hydrogen-bond acceptors (Lipinski definition) is 5. The average Bonchev–Trinajstić information content (AvgIpc) is 2.49. The van der Waals surface area contributed by atoms with Crippen LogP contribution in [0.5, 0.6) is 0 Å². The third kappa shape index (κ3) is 2.04. The number of aromatic nitrogens is 2. The largest absolute Gasteiger partial charge is 0.393 e. The lowest BCUT2D eigenvalue weighted by Crippen LogP contribution is -2.37. The summed E-state index contributed by atoms with van der Waals surface area (Å²) in [4.78, 5) is 2.13. The summed E-state index contributed by atoms with van der Waals surface area (Å²) in [6.45, 7) is 2.94. The Bertz CT molecular complexity index is 309. The minimum atomic E-state index is -0.0652. The van der Waals surface area contributed by atoms with Gasteiger partial charge in [0.15, 0.2) is 0 Å². The molecule has 0 aliphatic heterocycles. The maximum Gasteiger partial charge on any atom is 0.208 e. The number of rotatable bonds is 3. The Kier molecular flexibility index (Phi) is 2.69. The summed E-state index contributed by atoms with van der Waals surface area (Å²) in [6, 6.07) is 0. The van der Waals surface area contributed by atoms with E-state index in [4.69, 9.17) is 5.11 Å². The van der Waals surface area contributed by atoms with Crippen molar-refractivity contribution >= 4 is 16.5 Å². The highest BCUT2D eigenvalue weighted by Crippen LogP contribution is 2.29. The molecule has 0 aromatic carbocycles. The molecule has 1 aliphatic carbocycles. The molecule has 1 aliphatic rings. The van der Waals surface area contributed by atoms with Gasteiger partial charge in [0.05, 0.1) is 6.10 Å². The second kappa shape index (κ2) is 3.82. The van der Waals surface area contributed by atoms with Crippen LogP contribution in [-0.4, -0.2) is 35.0 Å². The molecule has 0 spiro atoms. The van der Waals surface area contributed by atoms with Gasteiger partial charge in [-0.05, 0) is 25.7 Å². The van der Waals surface area contributed by atoms with Crippen molar-refractivity contribution in [2.45, 2.75) is 25.9 Å². The number of aryl methyl sites for hydroxylation is 1. The van der Waals surface area contributed by atoms with Gasteiger partial charge in [0, 0.05) is 13.6 Å². The number of aliphatic hydroxyl groups excluding tert-OH is 1. The van der Waals surface area contributed by atoms with Crippen molar-refractivity contribution < 1.29 is 5.11 Å². The predicted molar refractivity (Wildman–Crippen MR) is 56.6 cm³/mol. The molecule has 0 radical (unpaired) electrons. The first-order valence-electron chi connectivity index (χ1n) is 4.84. The normalized spacial score (nSPS) is 25.9. The quantitative estimate of drug-likeness (QED) is 0.815. The number of aliphatic hydroxyl groups is 1. The first kappa shape index (κ1) is 9.86. The van der Waals surface area contributed by atoms with E-state index in [1.165, 1.54) is 0 Å². The van der Waals surface area contributed by atoms with E-state index in [-0.39, 0.29) is 6.10 Å².